The van der Waals surface area contributed by atoms with Crippen LogP contribution in [0.3, 0.4) is 0 Å². The topological polar surface area (TPSA) is 33.3 Å². The lowest BCUT2D eigenvalue weighted by atomic mass is 9.95. The minimum atomic E-state index is -0.0393. The number of thiocarbonyl (C=S) groups is 1. The van der Waals surface area contributed by atoms with Crippen molar-refractivity contribution in [3.63, 3.8) is 0 Å². The fourth-order valence-corrected chi connectivity index (χ4v) is 3.25. The van der Waals surface area contributed by atoms with Crippen LogP contribution in [0.2, 0.25) is 0 Å². The molecule has 142 valence electrons. The molecule has 0 bridgehead atoms. The van der Waals surface area contributed by atoms with E-state index in [1.54, 1.807) is 6.08 Å². The number of ether oxygens (including phenoxy) is 1. The Balaban J connectivity index is 1.79. The van der Waals surface area contributed by atoms with Crippen LogP contribution in [0.4, 0.5) is 5.69 Å². The summed E-state index contributed by atoms with van der Waals surface area (Å²) in [6.07, 6.45) is 1.72. The van der Waals surface area contributed by atoms with Gasteiger partial charge in [-0.3, -0.25) is 0 Å². The highest BCUT2D eigenvalue weighted by Crippen LogP contribution is 2.25. The van der Waals surface area contributed by atoms with E-state index in [2.05, 4.69) is 54.5 Å². The van der Waals surface area contributed by atoms with Crippen LogP contribution >= 0.6 is 12.2 Å². The van der Waals surface area contributed by atoms with E-state index in [0.717, 1.165) is 17.0 Å². The number of benzene rings is 3. The van der Waals surface area contributed by atoms with Gasteiger partial charge in [-0.1, -0.05) is 73.3 Å². The van der Waals surface area contributed by atoms with Crippen molar-refractivity contribution in [1.29, 1.82) is 0 Å². The molecule has 0 amide bonds. The molecule has 0 fully saturated rings. The van der Waals surface area contributed by atoms with E-state index in [9.17, 15) is 0 Å². The number of aryl methyl sites for hydroxylation is 1. The van der Waals surface area contributed by atoms with E-state index in [-0.39, 0.29) is 6.04 Å². The number of hydrogen-bond donors (Lipinski definition) is 2. The standard InChI is InChI=1S/C24H24N2OS/c1-3-16-27-21-14-9-13-20(17-21)25-24(28)26-23(19-11-5-4-6-12-19)22-15-8-7-10-18(22)2/h3-15,17,23H,1,16H2,2H3,(H2,25,26,28)/t23-/m0/s1. The van der Waals surface area contributed by atoms with Gasteiger partial charge >= 0.3 is 0 Å². The Labute approximate surface area is 172 Å². The van der Waals surface area contributed by atoms with E-state index < -0.39 is 0 Å². The zero-order chi connectivity index (χ0) is 19.8. The summed E-state index contributed by atoms with van der Waals surface area (Å²) < 4.78 is 5.59. The molecule has 0 unspecified atom stereocenters. The van der Waals surface area contributed by atoms with Crippen LogP contribution in [0.5, 0.6) is 5.75 Å². The lowest BCUT2D eigenvalue weighted by Gasteiger charge is -2.23. The molecular formula is C24H24N2OS. The second-order valence-electron chi connectivity index (χ2n) is 6.43. The van der Waals surface area contributed by atoms with Gasteiger partial charge in [0.2, 0.25) is 0 Å². The molecule has 0 saturated carbocycles. The van der Waals surface area contributed by atoms with Gasteiger partial charge in [0.25, 0.3) is 0 Å². The molecule has 0 aliphatic carbocycles. The molecule has 0 aromatic heterocycles. The molecule has 4 heteroatoms. The summed E-state index contributed by atoms with van der Waals surface area (Å²) in [7, 11) is 0. The lowest BCUT2D eigenvalue weighted by Crippen LogP contribution is -2.33. The van der Waals surface area contributed by atoms with Crippen molar-refractivity contribution < 1.29 is 4.74 Å². The van der Waals surface area contributed by atoms with Gasteiger partial charge in [-0.2, -0.15) is 0 Å². The molecule has 3 rings (SSSR count). The molecule has 0 spiro atoms. The first kappa shape index (κ1) is 19.6. The maximum Gasteiger partial charge on any atom is 0.171 e. The zero-order valence-corrected chi connectivity index (χ0v) is 16.7. The lowest BCUT2D eigenvalue weighted by molar-refractivity contribution is 0.363. The monoisotopic (exact) mass is 388 g/mol. The van der Waals surface area contributed by atoms with E-state index in [1.165, 1.54) is 11.1 Å². The summed E-state index contributed by atoms with van der Waals surface area (Å²) >= 11 is 5.61. The van der Waals surface area contributed by atoms with Gasteiger partial charge in [0.15, 0.2) is 5.11 Å². The molecule has 0 aliphatic heterocycles. The van der Waals surface area contributed by atoms with Gasteiger partial charge in [0.1, 0.15) is 12.4 Å². The Bertz CT molecular complexity index is 940. The van der Waals surface area contributed by atoms with Crippen LogP contribution in [0.25, 0.3) is 0 Å². The average Bonchev–Trinajstić information content (AvgIpc) is 2.72. The fraction of sp³-hybridized carbons (Fsp3) is 0.125. The largest absolute Gasteiger partial charge is 0.489 e. The van der Waals surface area contributed by atoms with Crippen LogP contribution < -0.4 is 15.4 Å². The van der Waals surface area contributed by atoms with Crippen molar-refractivity contribution in [2.24, 2.45) is 0 Å². The minimum absolute atomic E-state index is 0.0393. The molecule has 2 N–H and O–H groups in total. The maximum atomic E-state index is 5.61. The number of hydrogen-bond acceptors (Lipinski definition) is 2. The third-order valence-electron chi connectivity index (χ3n) is 4.37. The van der Waals surface area contributed by atoms with Crippen molar-refractivity contribution in [1.82, 2.24) is 5.32 Å². The predicted molar refractivity (Wildman–Crippen MR) is 121 cm³/mol. The molecule has 3 aromatic carbocycles. The number of anilines is 1. The second kappa shape index (κ2) is 9.72. The summed E-state index contributed by atoms with van der Waals surface area (Å²) in [6, 6.07) is 26.3. The molecule has 1 atom stereocenters. The van der Waals surface area contributed by atoms with Gasteiger partial charge in [0.05, 0.1) is 6.04 Å². The SMILES string of the molecule is C=CCOc1cccc(NC(=S)N[C@@H](c2ccccc2)c2ccccc2C)c1. The highest BCUT2D eigenvalue weighted by atomic mass is 32.1. The van der Waals surface area contributed by atoms with Crippen molar-refractivity contribution in [3.05, 3.63) is 108 Å². The summed E-state index contributed by atoms with van der Waals surface area (Å²) in [5, 5.41) is 7.28. The fourth-order valence-electron chi connectivity index (χ4n) is 3.01. The Morgan fingerprint density at radius 1 is 1.04 bits per heavy atom. The molecule has 3 aromatic rings. The third-order valence-corrected chi connectivity index (χ3v) is 4.59. The quantitative estimate of drug-likeness (QED) is 0.406. The predicted octanol–water partition coefficient (Wildman–Crippen LogP) is 5.64. The molecule has 3 nitrogen and oxygen atoms in total. The first-order valence-corrected chi connectivity index (χ1v) is 9.60. The molecule has 0 radical (unpaired) electrons. The Kier molecular flexibility index (Phi) is 6.82. The molecule has 0 saturated heterocycles. The van der Waals surface area contributed by atoms with Crippen LogP contribution in [0.15, 0.2) is 91.5 Å². The first-order valence-electron chi connectivity index (χ1n) is 9.19. The van der Waals surface area contributed by atoms with Crippen LogP contribution in [0, 0.1) is 6.92 Å². The second-order valence-corrected chi connectivity index (χ2v) is 6.83. The minimum Gasteiger partial charge on any atom is -0.489 e. The number of nitrogens with one attached hydrogen (secondary N) is 2. The zero-order valence-electron chi connectivity index (χ0n) is 15.9. The van der Waals surface area contributed by atoms with E-state index >= 15 is 0 Å². The van der Waals surface area contributed by atoms with Crippen LogP contribution in [0.1, 0.15) is 22.7 Å². The van der Waals surface area contributed by atoms with Gasteiger partial charge in [-0.25, -0.2) is 0 Å². The Hall–Kier alpha value is -3.11. The van der Waals surface area contributed by atoms with Crippen molar-refractivity contribution >= 4 is 23.0 Å². The van der Waals surface area contributed by atoms with E-state index in [1.807, 2.05) is 48.5 Å². The molecular weight excluding hydrogens is 364 g/mol. The van der Waals surface area contributed by atoms with Gasteiger partial charge in [0, 0.05) is 11.8 Å². The molecule has 28 heavy (non-hydrogen) atoms. The maximum absolute atomic E-state index is 5.61. The third kappa shape index (κ3) is 5.21. The highest BCUT2D eigenvalue weighted by molar-refractivity contribution is 7.80. The first-order chi connectivity index (χ1) is 13.7. The number of rotatable bonds is 7. The van der Waals surface area contributed by atoms with Crippen LogP contribution in [-0.4, -0.2) is 11.7 Å². The van der Waals surface area contributed by atoms with Gasteiger partial charge in [-0.05, 0) is 48.0 Å². The van der Waals surface area contributed by atoms with E-state index in [4.69, 9.17) is 17.0 Å². The summed E-state index contributed by atoms with van der Waals surface area (Å²) in [5.74, 6) is 0.770. The normalized spacial score (nSPS) is 11.3. The summed E-state index contributed by atoms with van der Waals surface area (Å²) in [6.45, 7) is 6.26. The summed E-state index contributed by atoms with van der Waals surface area (Å²) in [4.78, 5) is 0. The molecule has 0 heterocycles. The van der Waals surface area contributed by atoms with Gasteiger partial charge < -0.3 is 15.4 Å². The Morgan fingerprint density at radius 3 is 2.54 bits per heavy atom. The van der Waals surface area contributed by atoms with Crippen molar-refractivity contribution in [2.75, 3.05) is 11.9 Å². The summed E-state index contributed by atoms with van der Waals surface area (Å²) in [5.41, 5.74) is 4.44. The average molecular weight is 389 g/mol. The van der Waals surface area contributed by atoms with Crippen LogP contribution in [-0.2, 0) is 0 Å². The smallest absolute Gasteiger partial charge is 0.171 e. The van der Waals surface area contributed by atoms with E-state index in [0.29, 0.717) is 11.7 Å². The highest BCUT2D eigenvalue weighted by Gasteiger charge is 2.17. The van der Waals surface area contributed by atoms with Gasteiger partial charge in [-0.15, -0.1) is 0 Å². The van der Waals surface area contributed by atoms with Crippen molar-refractivity contribution in [3.8, 4) is 5.75 Å². The molecule has 0 aliphatic rings. The Morgan fingerprint density at radius 2 is 1.79 bits per heavy atom. The van der Waals surface area contributed by atoms with Crippen molar-refractivity contribution in [2.45, 2.75) is 13.0 Å².